The van der Waals surface area contributed by atoms with Crippen LogP contribution in [0.5, 0.6) is 0 Å². The Morgan fingerprint density at radius 2 is 0.597 bits per heavy atom. The Morgan fingerprint density at radius 3 is 0.955 bits per heavy atom. The number of carbonyl (C=O) groups excluding carboxylic acids is 3. The minimum Gasteiger partial charge on any atom is -0.462 e. The first-order chi connectivity index (χ1) is 33.0. The van der Waals surface area contributed by atoms with Gasteiger partial charge in [-0.2, -0.15) is 0 Å². The second-order valence-electron chi connectivity index (χ2n) is 17.4. The molecule has 0 radical (unpaired) electrons. The quantitative estimate of drug-likeness (QED) is 0.0262. The predicted octanol–water partition coefficient (Wildman–Crippen LogP) is 18.1. The average molecular weight is 927 g/mol. The van der Waals surface area contributed by atoms with Crippen molar-refractivity contribution in [2.45, 2.75) is 232 Å². The molecule has 0 saturated heterocycles. The fourth-order valence-corrected chi connectivity index (χ4v) is 6.87. The van der Waals surface area contributed by atoms with Crippen LogP contribution in [0, 0.1) is 0 Å². The fourth-order valence-electron chi connectivity index (χ4n) is 6.87. The number of hydrogen-bond donors (Lipinski definition) is 0. The van der Waals surface area contributed by atoms with Crippen LogP contribution >= 0.6 is 0 Å². The highest BCUT2D eigenvalue weighted by molar-refractivity contribution is 5.71. The van der Waals surface area contributed by atoms with E-state index in [-0.39, 0.29) is 37.5 Å². The van der Waals surface area contributed by atoms with Crippen molar-refractivity contribution in [2.75, 3.05) is 13.2 Å². The number of carbonyl (C=O) groups is 3. The lowest BCUT2D eigenvalue weighted by atomic mass is 10.1. The Balaban J connectivity index is 4.57. The van der Waals surface area contributed by atoms with E-state index < -0.39 is 6.10 Å². The maximum absolute atomic E-state index is 12.8. The Labute approximate surface area is 412 Å². The second-order valence-corrected chi connectivity index (χ2v) is 17.4. The van der Waals surface area contributed by atoms with Crippen molar-refractivity contribution in [1.29, 1.82) is 0 Å². The third kappa shape index (κ3) is 52.6. The third-order valence-electron chi connectivity index (χ3n) is 10.9. The summed E-state index contributed by atoms with van der Waals surface area (Å²) in [5.41, 5.74) is 0. The van der Waals surface area contributed by atoms with Crippen LogP contribution in [0.15, 0.2) is 122 Å². The summed E-state index contributed by atoms with van der Waals surface area (Å²) in [4.78, 5) is 38.1. The first kappa shape index (κ1) is 62.8. The number of ether oxygens (including phenoxy) is 3. The molecule has 0 aliphatic rings. The van der Waals surface area contributed by atoms with Crippen molar-refractivity contribution in [2.24, 2.45) is 0 Å². The molecule has 0 aromatic rings. The molecular weight excluding hydrogens is 829 g/mol. The van der Waals surface area contributed by atoms with Gasteiger partial charge in [0.1, 0.15) is 13.2 Å². The molecule has 0 bridgehead atoms. The molecule has 0 N–H and O–H groups in total. The lowest BCUT2D eigenvalue weighted by Gasteiger charge is -2.18. The van der Waals surface area contributed by atoms with E-state index in [4.69, 9.17) is 14.2 Å². The summed E-state index contributed by atoms with van der Waals surface area (Å²) in [7, 11) is 0. The molecule has 0 aliphatic heterocycles. The van der Waals surface area contributed by atoms with Gasteiger partial charge in [0.2, 0.25) is 0 Å². The zero-order valence-corrected chi connectivity index (χ0v) is 43.1. The molecule has 6 nitrogen and oxygen atoms in total. The van der Waals surface area contributed by atoms with Crippen molar-refractivity contribution in [3.63, 3.8) is 0 Å². The van der Waals surface area contributed by atoms with E-state index in [9.17, 15) is 14.4 Å². The molecule has 0 spiro atoms. The summed E-state index contributed by atoms with van der Waals surface area (Å²) in [5, 5.41) is 0. The molecule has 0 saturated carbocycles. The summed E-state index contributed by atoms with van der Waals surface area (Å²) in [6.07, 6.45) is 74.7. The van der Waals surface area contributed by atoms with Gasteiger partial charge < -0.3 is 14.2 Å². The van der Waals surface area contributed by atoms with Crippen LogP contribution < -0.4 is 0 Å². The smallest absolute Gasteiger partial charge is 0.306 e. The van der Waals surface area contributed by atoms with Gasteiger partial charge in [-0.1, -0.05) is 200 Å². The van der Waals surface area contributed by atoms with Crippen LogP contribution in [0.1, 0.15) is 226 Å². The number of unbranched alkanes of at least 4 members (excludes halogenated alkanes) is 16. The molecule has 0 rings (SSSR count). The van der Waals surface area contributed by atoms with Crippen molar-refractivity contribution < 1.29 is 28.6 Å². The lowest BCUT2D eigenvalue weighted by Crippen LogP contribution is -2.30. The maximum Gasteiger partial charge on any atom is 0.306 e. The van der Waals surface area contributed by atoms with E-state index in [0.29, 0.717) is 19.3 Å². The SMILES string of the molecule is CC/C=C\C/C=C\C/C=C\C/C=C\CCCCCCC(=O)OC[C@H](COC(=O)CCCCCCC/C=C\C/C=C\CCCCC)OC(=O)CCC/C=C\C/C=C\C/C=C\C/C=C\CCCCC. The molecule has 0 fully saturated rings. The Bertz CT molecular complexity index is 1440. The topological polar surface area (TPSA) is 78.9 Å². The summed E-state index contributed by atoms with van der Waals surface area (Å²) in [5.74, 6) is -1.02. The Hall–Kier alpha value is -4.19. The third-order valence-corrected chi connectivity index (χ3v) is 10.9. The molecule has 0 amide bonds. The van der Waals surface area contributed by atoms with Crippen LogP contribution in [-0.2, 0) is 28.6 Å². The number of allylic oxidation sites excluding steroid dienone is 20. The monoisotopic (exact) mass is 927 g/mol. The van der Waals surface area contributed by atoms with Crippen LogP contribution in [-0.4, -0.2) is 37.2 Å². The van der Waals surface area contributed by atoms with Crippen molar-refractivity contribution in [1.82, 2.24) is 0 Å². The largest absolute Gasteiger partial charge is 0.462 e. The molecule has 0 unspecified atom stereocenters. The van der Waals surface area contributed by atoms with Crippen molar-refractivity contribution in [3.05, 3.63) is 122 Å². The van der Waals surface area contributed by atoms with Crippen LogP contribution in [0.3, 0.4) is 0 Å². The van der Waals surface area contributed by atoms with Crippen molar-refractivity contribution >= 4 is 17.9 Å². The first-order valence-corrected chi connectivity index (χ1v) is 27.0. The zero-order chi connectivity index (χ0) is 48.6. The van der Waals surface area contributed by atoms with E-state index in [0.717, 1.165) is 128 Å². The van der Waals surface area contributed by atoms with E-state index >= 15 is 0 Å². The number of rotatable bonds is 47. The number of esters is 3. The van der Waals surface area contributed by atoms with Gasteiger partial charge in [-0.25, -0.2) is 0 Å². The molecule has 1 atom stereocenters. The summed E-state index contributed by atoms with van der Waals surface area (Å²) in [6, 6.07) is 0. The van der Waals surface area contributed by atoms with Gasteiger partial charge in [-0.05, 0) is 128 Å². The van der Waals surface area contributed by atoms with E-state index in [1.54, 1.807) is 0 Å². The highest BCUT2D eigenvalue weighted by Crippen LogP contribution is 2.12. The van der Waals surface area contributed by atoms with Crippen LogP contribution in [0.25, 0.3) is 0 Å². The maximum atomic E-state index is 12.8. The van der Waals surface area contributed by atoms with Crippen molar-refractivity contribution in [3.8, 4) is 0 Å². The van der Waals surface area contributed by atoms with E-state index in [2.05, 4.69) is 142 Å². The van der Waals surface area contributed by atoms with E-state index in [1.165, 1.54) is 51.4 Å². The molecule has 0 aliphatic carbocycles. The predicted molar refractivity (Wildman–Crippen MR) is 288 cm³/mol. The molecule has 0 aromatic carbocycles. The zero-order valence-electron chi connectivity index (χ0n) is 43.1. The average Bonchev–Trinajstić information content (AvgIpc) is 3.33. The normalized spacial score (nSPS) is 13.1. The number of hydrogen-bond acceptors (Lipinski definition) is 6. The minimum atomic E-state index is -0.826. The Kier molecular flexibility index (Phi) is 51.0. The lowest BCUT2D eigenvalue weighted by molar-refractivity contribution is -0.167. The second kappa shape index (κ2) is 54.4. The van der Waals surface area contributed by atoms with Gasteiger partial charge in [-0.3, -0.25) is 14.4 Å². The van der Waals surface area contributed by atoms with Gasteiger partial charge in [0.25, 0.3) is 0 Å². The van der Waals surface area contributed by atoms with Crippen LogP contribution in [0.4, 0.5) is 0 Å². The summed E-state index contributed by atoms with van der Waals surface area (Å²) < 4.78 is 16.7. The van der Waals surface area contributed by atoms with Gasteiger partial charge in [0.05, 0.1) is 0 Å². The van der Waals surface area contributed by atoms with Gasteiger partial charge in [-0.15, -0.1) is 0 Å². The highest BCUT2D eigenvalue weighted by Gasteiger charge is 2.19. The minimum absolute atomic E-state index is 0.118. The van der Waals surface area contributed by atoms with E-state index in [1.807, 2.05) is 0 Å². The van der Waals surface area contributed by atoms with Gasteiger partial charge in [0, 0.05) is 19.3 Å². The fraction of sp³-hybridized carbons (Fsp3) is 0.623. The molecule has 0 aromatic heterocycles. The molecular formula is C61H98O6. The van der Waals surface area contributed by atoms with Crippen LogP contribution in [0.2, 0.25) is 0 Å². The first-order valence-electron chi connectivity index (χ1n) is 27.0. The molecule has 6 heteroatoms. The molecule has 0 heterocycles. The standard InChI is InChI=1S/C61H98O6/c1-4-7-10-13-16-19-22-25-28-30-33-36-39-42-45-48-51-54-60(63)66-57-58(56-65-59(62)53-50-47-44-41-38-35-32-27-24-21-18-15-12-9-6-3)67-61(64)55-52-49-46-43-40-37-34-31-29-26-23-20-17-14-11-8-5-2/h7,10,16-21,25-29,32-34,36-37,43,46,58H,4-6,8-9,11-15,22-24,30-31,35,38-42,44-45,47-57H2,1-3H3/b10-7-,19-16-,20-17-,21-18-,28-25-,29-26-,32-27-,36-33-,37-34-,46-43-/t58-/m0/s1. The van der Waals surface area contributed by atoms with Gasteiger partial charge in [0.15, 0.2) is 6.10 Å². The van der Waals surface area contributed by atoms with Gasteiger partial charge >= 0.3 is 17.9 Å². The highest BCUT2D eigenvalue weighted by atomic mass is 16.6. The summed E-state index contributed by atoms with van der Waals surface area (Å²) >= 11 is 0. The molecule has 67 heavy (non-hydrogen) atoms. The summed E-state index contributed by atoms with van der Waals surface area (Å²) in [6.45, 7) is 6.38. The molecule has 378 valence electrons. The Morgan fingerprint density at radius 1 is 0.313 bits per heavy atom.